The summed E-state index contributed by atoms with van der Waals surface area (Å²) in [5, 5.41) is 14.9. The summed E-state index contributed by atoms with van der Waals surface area (Å²) >= 11 is 0. The third-order valence-corrected chi connectivity index (χ3v) is 3.56. The van der Waals surface area contributed by atoms with E-state index in [4.69, 9.17) is 9.47 Å². The Kier molecular flexibility index (Phi) is 4.82. The van der Waals surface area contributed by atoms with Crippen LogP contribution in [0.3, 0.4) is 0 Å². The molecule has 0 fully saturated rings. The molecule has 2 aromatic rings. The van der Waals surface area contributed by atoms with Crippen molar-refractivity contribution >= 4 is 5.97 Å². The SMILES string of the molecule is CCOC(=O)c1nn(C)c(C)c1C(O)c1ccccc1OC. The van der Waals surface area contributed by atoms with Gasteiger partial charge in [0.15, 0.2) is 5.69 Å². The number of rotatable bonds is 5. The van der Waals surface area contributed by atoms with Gasteiger partial charge in [0.1, 0.15) is 11.9 Å². The van der Waals surface area contributed by atoms with Crippen molar-refractivity contribution < 1.29 is 19.4 Å². The maximum atomic E-state index is 12.1. The predicted molar refractivity (Wildman–Crippen MR) is 81.0 cm³/mol. The first kappa shape index (κ1) is 16.0. The standard InChI is InChI=1S/C16H20N2O4/c1-5-22-16(20)14-13(10(2)18(3)17-14)15(19)11-8-6-7-9-12(11)21-4/h6-9,15,19H,5H2,1-4H3. The molecule has 0 aliphatic carbocycles. The van der Waals surface area contributed by atoms with Crippen LogP contribution >= 0.6 is 0 Å². The van der Waals surface area contributed by atoms with Gasteiger partial charge in [0.2, 0.25) is 0 Å². The van der Waals surface area contributed by atoms with Crippen molar-refractivity contribution in [2.24, 2.45) is 7.05 Å². The van der Waals surface area contributed by atoms with E-state index in [9.17, 15) is 9.90 Å². The van der Waals surface area contributed by atoms with E-state index in [0.717, 1.165) is 0 Å². The Morgan fingerprint density at radius 3 is 2.73 bits per heavy atom. The van der Waals surface area contributed by atoms with E-state index in [1.807, 2.05) is 6.07 Å². The number of esters is 1. The van der Waals surface area contributed by atoms with Crippen LogP contribution in [0.15, 0.2) is 24.3 Å². The van der Waals surface area contributed by atoms with Gasteiger partial charge < -0.3 is 14.6 Å². The first-order valence-corrected chi connectivity index (χ1v) is 7.02. The zero-order valence-corrected chi connectivity index (χ0v) is 13.2. The van der Waals surface area contributed by atoms with Crippen LogP contribution in [0.5, 0.6) is 5.75 Å². The monoisotopic (exact) mass is 304 g/mol. The van der Waals surface area contributed by atoms with Crippen molar-refractivity contribution in [3.05, 3.63) is 46.8 Å². The summed E-state index contributed by atoms with van der Waals surface area (Å²) < 4.78 is 11.9. The second kappa shape index (κ2) is 6.62. The number of aromatic nitrogens is 2. The lowest BCUT2D eigenvalue weighted by Gasteiger charge is -2.15. The van der Waals surface area contributed by atoms with Gasteiger partial charge in [-0.15, -0.1) is 0 Å². The number of nitrogens with zero attached hydrogens (tertiary/aromatic N) is 2. The summed E-state index contributed by atoms with van der Waals surface area (Å²) in [5.74, 6) is 0.00297. The first-order chi connectivity index (χ1) is 10.5. The molecule has 1 atom stereocenters. The minimum Gasteiger partial charge on any atom is -0.496 e. The second-order valence-electron chi connectivity index (χ2n) is 4.84. The van der Waals surface area contributed by atoms with Gasteiger partial charge in [0.25, 0.3) is 0 Å². The van der Waals surface area contributed by atoms with E-state index in [1.54, 1.807) is 43.8 Å². The highest BCUT2D eigenvalue weighted by molar-refractivity contribution is 5.89. The van der Waals surface area contributed by atoms with Crippen LogP contribution < -0.4 is 4.74 Å². The minimum absolute atomic E-state index is 0.125. The van der Waals surface area contributed by atoms with Crippen LogP contribution in [0.4, 0.5) is 0 Å². The van der Waals surface area contributed by atoms with E-state index in [2.05, 4.69) is 5.10 Å². The summed E-state index contributed by atoms with van der Waals surface area (Å²) in [5.41, 5.74) is 1.83. The predicted octanol–water partition coefficient (Wildman–Crippen LogP) is 2.00. The lowest BCUT2D eigenvalue weighted by molar-refractivity contribution is 0.0513. The average molecular weight is 304 g/mol. The van der Waals surface area contributed by atoms with Gasteiger partial charge in [-0.3, -0.25) is 4.68 Å². The lowest BCUT2D eigenvalue weighted by Crippen LogP contribution is -2.12. The molecule has 118 valence electrons. The molecule has 0 saturated heterocycles. The quantitative estimate of drug-likeness (QED) is 0.855. The molecule has 1 aromatic carbocycles. The minimum atomic E-state index is -1.02. The molecule has 1 N–H and O–H groups in total. The molecule has 1 aromatic heterocycles. The fourth-order valence-electron chi connectivity index (χ4n) is 2.35. The topological polar surface area (TPSA) is 73.6 Å². The Balaban J connectivity index is 2.53. The number of aliphatic hydroxyl groups excluding tert-OH is 1. The normalized spacial score (nSPS) is 12.0. The van der Waals surface area contributed by atoms with Crippen molar-refractivity contribution in [3.63, 3.8) is 0 Å². The van der Waals surface area contributed by atoms with E-state index in [-0.39, 0.29) is 12.3 Å². The van der Waals surface area contributed by atoms with Gasteiger partial charge in [-0.1, -0.05) is 18.2 Å². The van der Waals surface area contributed by atoms with Crippen LogP contribution in [0, 0.1) is 6.92 Å². The van der Waals surface area contributed by atoms with Crippen molar-refractivity contribution in [2.45, 2.75) is 20.0 Å². The third-order valence-electron chi connectivity index (χ3n) is 3.56. The Labute approximate surface area is 129 Å². The number of hydrogen-bond acceptors (Lipinski definition) is 5. The van der Waals surface area contributed by atoms with E-state index >= 15 is 0 Å². The van der Waals surface area contributed by atoms with E-state index < -0.39 is 12.1 Å². The molecule has 1 heterocycles. The number of carbonyl (C=O) groups excluding carboxylic acids is 1. The van der Waals surface area contributed by atoms with Crippen LogP contribution in [-0.2, 0) is 11.8 Å². The van der Waals surface area contributed by atoms with Crippen molar-refractivity contribution in [2.75, 3.05) is 13.7 Å². The van der Waals surface area contributed by atoms with Gasteiger partial charge in [0.05, 0.1) is 13.7 Å². The fraction of sp³-hybridized carbons (Fsp3) is 0.375. The average Bonchev–Trinajstić information content (AvgIpc) is 2.82. The molecule has 0 aliphatic rings. The highest BCUT2D eigenvalue weighted by Gasteiger charge is 2.28. The Hall–Kier alpha value is -2.34. The summed E-state index contributed by atoms with van der Waals surface area (Å²) in [6.45, 7) is 3.77. The van der Waals surface area contributed by atoms with Crippen molar-refractivity contribution in [3.8, 4) is 5.75 Å². The number of methoxy groups -OCH3 is 1. The Morgan fingerprint density at radius 1 is 1.41 bits per heavy atom. The zero-order valence-electron chi connectivity index (χ0n) is 13.2. The molecular weight excluding hydrogens is 284 g/mol. The lowest BCUT2D eigenvalue weighted by atomic mass is 9.98. The number of ether oxygens (including phenoxy) is 2. The van der Waals surface area contributed by atoms with E-state index in [0.29, 0.717) is 22.6 Å². The first-order valence-electron chi connectivity index (χ1n) is 7.02. The smallest absolute Gasteiger partial charge is 0.359 e. The number of aliphatic hydroxyl groups is 1. The number of benzene rings is 1. The largest absolute Gasteiger partial charge is 0.496 e. The van der Waals surface area contributed by atoms with Crippen LogP contribution in [-0.4, -0.2) is 34.6 Å². The molecule has 6 nitrogen and oxygen atoms in total. The van der Waals surface area contributed by atoms with E-state index in [1.165, 1.54) is 7.11 Å². The van der Waals surface area contributed by atoms with Crippen LogP contribution in [0.1, 0.15) is 40.3 Å². The van der Waals surface area contributed by atoms with Crippen LogP contribution in [0.2, 0.25) is 0 Å². The molecule has 2 rings (SSSR count). The zero-order chi connectivity index (χ0) is 16.3. The molecule has 22 heavy (non-hydrogen) atoms. The highest BCUT2D eigenvalue weighted by Crippen LogP contribution is 2.33. The van der Waals surface area contributed by atoms with Crippen molar-refractivity contribution in [1.82, 2.24) is 9.78 Å². The molecule has 0 radical (unpaired) electrons. The molecule has 1 unspecified atom stereocenters. The molecule has 0 amide bonds. The Bertz CT molecular complexity index is 679. The summed E-state index contributed by atoms with van der Waals surface area (Å²) in [4.78, 5) is 12.1. The Morgan fingerprint density at radius 2 is 2.09 bits per heavy atom. The van der Waals surface area contributed by atoms with Gasteiger partial charge >= 0.3 is 5.97 Å². The summed E-state index contributed by atoms with van der Waals surface area (Å²) in [7, 11) is 3.25. The van der Waals surface area contributed by atoms with Crippen LogP contribution in [0.25, 0.3) is 0 Å². The molecule has 0 aliphatic heterocycles. The number of hydrogen-bond donors (Lipinski definition) is 1. The number of para-hydroxylation sites is 1. The van der Waals surface area contributed by atoms with Crippen molar-refractivity contribution in [1.29, 1.82) is 0 Å². The van der Waals surface area contributed by atoms with Gasteiger partial charge in [-0.05, 0) is 19.9 Å². The highest BCUT2D eigenvalue weighted by atomic mass is 16.5. The third kappa shape index (κ3) is 2.82. The molecule has 0 spiro atoms. The molecule has 6 heteroatoms. The van der Waals surface area contributed by atoms with Gasteiger partial charge in [0, 0.05) is 23.9 Å². The number of aryl methyl sites for hydroxylation is 1. The van der Waals surface area contributed by atoms with Gasteiger partial charge in [-0.2, -0.15) is 5.10 Å². The van der Waals surface area contributed by atoms with Gasteiger partial charge in [-0.25, -0.2) is 4.79 Å². The second-order valence-corrected chi connectivity index (χ2v) is 4.84. The molecule has 0 bridgehead atoms. The summed E-state index contributed by atoms with van der Waals surface area (Å²) in [6.07, 6.45) is -1.02. The maximum absolute atomic E-state index is 12.1. The number of carbonyl (C=O) groups is 1. The molecule has 0 saturated carbocycles. The summed E-state index contributed by atoms with van der Waals surface area (Å²) in [6, 6.07) is 7.13. The molecular formula is C16H20N2O4. The fourth-order valence-corrected chi connectivity index (χ4v) is 2.35. The maximum Gasteiger partial charge on any atom is 0.359 e.